The van der Waals surface area contributed by atoms with E-state index in [9.17, 15) is 9.59 Å². The number of terminal acetylenes is 1. The van der Waals surface area contributed by atoms with Gasteiger partial charge in [-0.3, -0.25) is 13.9 Å². The van der Waals surface area contributed by atoms with E-state index in [2.05, 4.69) is 11.2 Å². The Bertz CT molecular complexity index is 592. The molecule has 0 unspecified atom stereocenters. The van der Waals surface area contributed by atoms with Gasteiger partial charge in [-0.2, -0.15) is 0 Å². The third kappa shape index (κ3) is 3.19. The predicted molar refractivity (Wildman–Crippen MR) is 77.2 cm³/mol. The van der Waals surface area contributed by atoms with Crippen molar-refractivity contribution in [2.45, 2.75) is 32.7 Å². The third-order valence-electron chi connectivity index (χ3n) is 2.89. The van der Waals surface area contributed by atoms with Crippen molar-refractivity contribution in [3.63, 3.8) is 0 Å². The molecule has 1 aromatic rings. The van der Waals surface area contributed by atoms with E-state index in [-0.39, 0.29) is 11.5 Å². The van der Waals surface area contributed by atoms with Crippen molar-refractivity contribution in [1.29, 1.82) is 0 Å². The Morgan fingerprint density at radius 3 is 2.68 bits per heavy atom. The molecule has 0 aliphatic carbocycles. The maximum Gasteiger partial charge on any atom is 0.332 e. The molecular weight excluding hydrogens is 244 g/mol. The second-order valence-corrected chi connectivity index (χ2v) is 4.29. The van der Waals surface area contributed by atoms with Crippen molar-refractivity contribution in [2.75, 3.05) is 17.6 Å². The van der Waals surface area contributed by atoms with E-state index in [0.29, 0.717) is 19.5 Å². The summed E-state index contributed by atoms with van der Waals surface area (Å²) in [4.78, 5) is 24.0. The molecule has 6 heteroatoms. The maximum absolute atomic E-state index is 12.0. The molecule has 3 N–H and O–H groups in total. The normalized spacial score (nSPS) is 10.2. The van der Waals surface area contributed by atoms with Gasteiger partial charge in [0.1, 0.15) is 11.5 Å². The van der Waals surface area contributed by atoms with Gasteiger partial charge in [-0.15, -0.1) is 12.3 Å². The number of anilines is 2. The van der Waals surface area contributed by atoms with Crippen LogP contribution in [-0.2, 0) is 13.6 Å². The average molecular weight is 264 g/mol. The highest BCUT2D eigenvalue weighted by Crippen LogP contribution is 2.11. The minimum Gasteiger partial charge on any atom is -0.383 e. The first-order chi connectivity index (χ1) is 9.04. The Balaban J connectivity index is 3.23. The molecule has 1 heterocycles. The van der Waals surface area contributed by atoms with Crippen LogP contribution in [0.5, 0.6) is 0 Å². The lowest BCUT2D eigenvalue weighted by Gasteiger charge is -2.15. The van der Waals surface area contributed by atoms with Crippen LogP contribution in [0, 0.1) is 12.3 Å². The monoisotopic (exact) mass is 264 g/mol. The Kier molecular flexibility index (Phi) is 5.24. The standard InChI is InChI=1S/C13H20N4O2/c1-4-6-8-15-10-11(14)17(9-7-5-2)13(19)16(3)12(10)18/h1,15H,5-9,14H2,2-3H3. The number of nitrogens with one attached hydrogen (secondary N) is 1. The summed E-state index contributed by atoms with van der Waals surface area (Å²) in [5.74, 6) is 2.65. The molecule has 0 aromatic carbocycles. The summed E-state index contributed by atoms with van der Waals surface area (Å²) in [6, 6.07) is 0. The SMILES string of the molecule is C#CCCNc1c(N)n(CCCC)c(=O)n(C)c1=O. The fourth-order valence-electron chi connectivity index (χ4n) is 1.74. The van der Waals surface area contributed by atoms with Gasteiger partial charge in [-0.1, -0.05) is 13.3 Å². The Morgan fingerprint density at radius 2 is 2.11 bits per heavy atom. The molecule has 0 saturated carbocycles. The Hall–Kier alpha value is -2.16. The number of aromatic nitrogens is 2. The van der Waals surface area contributed by atoms with Crippen molar-refractivity contribution in [1.82, 2.24) is 9.13 Å². The highest BCUT2D eigenvalue weighted by Gasteiger charge is 2.14. The maximum atomic E-state index is 12.0. The van der Waals surface area contributed by atoms with Gasteiger partial charge in [0.15, 0.2) is 0 Å². The minimum absolute atomic E-state index is 0.179. The van der Waals surface area contributed by atoms with Crippen LogP contribution >= 0.6 is 0 Å². The van der Waals surface area contributed by atoms with Crippen molar-refractivity contribution in [3.05, 3.63) is 20.8 Å². The molecule has 0 atom stereocenters. The van der Waals surface area contributed by atoms with E-state index in [1.807, 2.05) is 6.92 Å². The Morgan fingerprint density at radius 1 is 1.42 bits per heavy atom. The summed E-state index contributed by atoms with van der Waals surface area (Å²) in [7, 11) is 1.44. The molecule has 0 radical (unpaired) electrons. The summed E-state index contributed by atoms with van der Waals surface area (Å²) in [6.45, 7) is 2.97. The van der Waals surface area contributed by atoms with E-state index in [1.165, 1.54) is 11.6 Å². The zero-order chi connectivity index (χ0) is 14.4. The van der Waals surface area contributed by atoms with Crippen LogP contribution in [0.3, 0.4) is 0 Å². The number of unbranched alkanes of at least 4 members (excludes halogenated alkanes) is 1. The van der Waals surface area contributed by atoms with E-state index < -0.39 is 11.2 Å². The largest absolute Gasteiger partial charge is 0.383 e. The van der Waals surface area contributed by atoms with Crippen LogP contribution < -0.4 is 22.3 Å². The molecule has 0 aliphatic rings. The molecule has 0 bridgehead atoms. The minimum atomic E-state index is -0.424. The van der Waals surface area contributed by atoms with Crippen molar-refractivity contribution in [2.24, 2.45) is 7.05 Å². The average Bonchev–Trinajstić information content (AvgIpc) is 2.40. The number of nitrogens with two attached hydrogens (primary N) is 1. The second kappa shape index (κ2) is 6.69. The van der Waals surface area contributed by atoms with Gasteiger partial charge in [0.2, 0.25) is 0 Å². The fraction of sp³-hybridized carbons (Fsp3) is 0.538. The summed E-state index contributed by atoms with van der Waals surface area (Å²) < 4.78 is 2.48. The van der Waals surface area contributed by atoms with Gasteiger partial charge in [0.25, 0.3) is 5.56 Å². The first-order valence-electron chi connectivity index (χ1n) is 6.31. The van der Waals surface area contributed by atoms with E-state index >= 15 is 0 Å². The zero-order valence-corrected chi connectivity index (χ0v) is 11.4. The molecule has 0 spiro atoms. The summed E-state index contributed by atoms with van der Waals surface area (Å²) in [6.07, 6.45) is 7.41. The summed E-state index contributed by atoms with van der Waals surface area (Å²) in [5.41, 5.74) is 5.34. The van der Waals surface area contributed by atoms with Crippen LogP contribution in [0.1, 0.15) is 26.2 Å². The van der Waals surface area contributed by atoms with Gasteiger partial charge in [0.05, 0.1) is 0 Å². The quantitative estimate of drug-likeness (QED) is 0.574. The molecule has 19 heavy (non-hydrogen) atoms. The molecule has 104 valence electrons. The molecule has 0 aliphatic heterocycles. The van der Waals surface area contributed by atoms with Crippen LogP contribution in [0.15, 0.2) is 9.59 Å². The molecule has 0 amide bonds. The van der Waals surface area contributed by atoms with Gasteiger partial charge >= 0.3 is 5.69 Å². The number of nitrogen functional groups attached to an aromatic ring is 1. The molecule has 6 nitrogen and oxygen atoms in total. The molecule has 0 saturated heterocycles. The molecular formula is C13H20N4O2. The van der Waals surface area contributed by atoms with Crippen molar-refractivity contribution in [3.8, 4) is 12.3 Å². The fourth-order valence-corrected chi connectivity index (χ4v) is 1.74. The zero-order valence-electron chi connectivity index (χ0n) is 11.4. The summed E-state index contributed by atoms with van der Waals surface area (Å²) >= 11 is 0. The first-order valence-corrected chi connectivity index (χ1v) is 6.31. The van der Waals surface area contributed by atoms with Crippen molar-refractivity contribution >= 4 is 11.5 Å². The molecule has 0 fully saturated rings. The van der Waals surface area contributed by atoms with Gasteiger partial charge < -0.3 is 11.1 Å². The highest BCUT2D eigenvalue weighted by atomic mass is 16.2. The van der Waals surface area contributed by atoms with Gasteiger partial charge in [0, 0.05) is 26.6 Å². The van der Waals surface area contributed by atoms with Crippen molar-refractivity contribution < 1.29 is 0 Å². The lowest BCUT2D eigenvalue weighted by atomic mass is 10.3. The number of nitrogens with zero attached hydrogens (tertiary/aromatic N) is 2. The van der Waals surface area contributed by atoms with Gasteiger partial charge in [-0.25, -0.2) is 4.79 Å². The van der Waals surface area contributed by atoms with E-state index in [1.54, 1.807) is 0 Å². The van der Waals surface area contributed by atoms with Gasteiger partial charge in [-0.05, 0) is 6.42 Å². The molecule has 1 aromatic heterocycles. The summed E-state index contributed by atoms with van der Waals surface area (Å²) in [5, 5.41) is 2.91. The topological polar surface area (TPSA) is 82.0 Å². The van der Waals surface area contributed by atoms with Crippen LogP contribution in [0.4, 0.5) is 11.5 Å². The number of hydrogen-bond acceptors (Lipinski definition) is 4. The highest BCUT2D eigenvalue weighted by molar-refractivity contribution is 5.60. The lowest BCUT2D eigenvalue weighted by molar-refractivity contribution is 0.575. The van der Waals surface area contributed by atoms with Crippen LogP contribution in [0.25, 0.3) is 0 Å². The van der Waals surface area contributed by atoms with E-state index in [0.717, 1.165) is 17.4 Å². The molecule has 1 rings (SSSR count). The predicted octanol–water partition coefficient (Wildman–Crippen LogP) is 0.365. The first kappa shape index (κ1) is 14.9. The van der Waals surface area contributed by atoms with Crippen LogP contribution in [-0.4, -0.2) is 15.7 Å². The lowest BCUT2D eigenvalue weighted by Crippen LogP contribution is -2.40. The smallest absolute Gasteiger partial charge is 0.332 e. The Labute approximate surface area is 112 Å². The third-order valence-corrected chi connectivity index (χ3v) is 2.89. The van der Waals surface area contributed by atoms with Crippen LogP contribution in [0.2, 0.25) is 0 Å². The van der Waals surface area contributed by atoms with E-state index in [4.69, 9.17) is 12.2 Å². The number of rotatable bonds is 6. The second-order valence-electron chi connectivity index (χ2n) is 4.29. The number of hydrogen-bond donors (Lipinski definition) is 2.